The van der Waals surface area contributed by atoms with Gasteiger partial charge in [0.05, 0.1) is 18.1 Å². The molecule has 0 saturated carbocycles. The number of hydrogen-bond donors (Lipinski definition) is 0. The van der Waals surface area contributed by atoms with Crippen LogP contribution >= 0.6 is 11.8 Å². The first kappa shape index (κ1) is 14.8. The Bertz CT molecular complexity index is 538. The summed E-state index contributed by atoms with van der Waals surface area (Å²) in [5.41, 5.74) is 1.29. The van der Waals surface area contributed by atoms with E-state index in [1.54, 1.807) is 18.9 Å². The highest BCUT2D eigenvalue weighted by Gasteiger charge is 2.12. The summed E-state index contributed by atoms with van der Waals surface area (Å²) in [6.45, 7) is 4.07. The molecule has 0 saturated heterocycles. The summed E-state index contributed by atoms with van der Waals surface area (Å²) in [4.78, 5) is 1.06. The molecule has 2 aromatic carbocycles. The molecule has 0 aliphatic carbocycles. The number of benzene rings is 2. The summed E-state index contributed by atoms with van der Waals surface area (Å²) in [5.74, 6) is 2.65. The Morgan fingerprint density at radius 3 is 2.30 bits per heavy atom. The fourth-order valence-corrected chi connectivity index (χ4v) is 2.93. The maximum Gasteiger partial charge on any atom is 0.137 e. The molecule has 2 aromatic rings. The smallest absolute Gasteiger partial charge is 0.137 e. The first-order valence-electron chi connectivity index (χ1n) is 6.71. The van der Waals surface area contributed by atoms with Crippen LogP contribution in [0.3, 0.4) is 0 Å². The zero-order valence-corrected chi connectivity index (χ0v) is 12.9. The molecule has 0 amide bonds. The van der Waals surface area contributed by atoms with Crippen LogP contribution in [-0.2, 0) is 5.75 Å². The van der Waals surface area contributed by atoms with Crippen molar-refractivity contribution < 1.29 is 9.47 Å². The van der Waals surface area contributed by atoms with Crippen molar-refractivity contribution in [3.63, 3.8) is 0 Å². The van der Waals surface area contributed by atoms with Crippen molar-refractivity contribution in [2.24, 2.45) is 0 Å². The van der Waals surface area contributed by atoms with Gasteiger partial charge in [0.1, 0.15) is 11.5 Å². The third-order valence-corrected chi connectivity index (χ3v) is 3.92. The van der Waals surface area contributed by atoms with E-state index in [2.05, 4.69) is 24.3 Å². The van der Waals surface area contributed by atoms with Crippen molar-refractivity contribution in [2.75, 3.05) is 7.11 Å². The monoisotopic (exact) mass is 288 g/mol. The molecule has 0 aliphatic rings. The van der Waals surface area contributed by atoms with Crippen molar-refractivity contribution in [1.82, 2.24) is 0 Å². The highest BCUT2D eigenvalue weighted by Crippen LogP contribution is 2.39. The number of ether oxygens (including phenoxy) is 2. The molecule has 0 radical (unpaired) electrons. The molecule has 0 N–H and O–H groups in total. The van der Waals surface area contributed by atoms with E-state index >= 15 is 0 Å². The normalized spacial score (nSPS) is 10.6. The lowest BCUT2D eigenvalue weighted by Gasteiger charge is -2.16. The Morgan fingerprint density at radius 2 is 1.65 bits per heavy atom. The van der Waals surface area contributed by atoms with E-state index in [1.807, 2.05) is 38.1 Å². The average molecular weight is 288 g/mol. The van der Waals surface area contributed by atoms with E-state index in [-0.39, 0.29) is 6.10 Å². The van der Waals surface area contributed by atoms with Gasteiger partial charge in [-0.2, -0.15) is 0 Å². The molecule has 0 bridgehead atoms. The van der Waals surface area contributed by atoms with Gasteiger partial charge < -0.3 is 9.47 Å². The number of rotatable bonds is 6. The molecule has 0 aliphatic heterocycles. The Balaban J connectivity index is 2.19. The molecule has 106 valence electrons. The van der Waals surface area contributed by atoms with E-state index in [9.17, 15) is 0 Å². The van der Waals surface area contributed by atoms with E-state index in [0.29, 0.717) is 0 Å². The number of thioether (sulfide) groups is 1. The van der Waals surface area contributed by atoms with Gasteiger partial charge in [0.25, 0.3) is 0 Å². The molecule has 0 fully saturated rings. The molecule has 0 aromatic heterocycles. The van der Waals surface area contributed by atoms with Crippen LogP contribution in [0, 0.1) is 0 Å². The predicted molar refractivity (Wildman–Crippen MR) is 84.8 cm³/mol. The standard InChI is InChI=1S/C17H20O2S/c1-13(2)19-16-11-7-10-15(18-3)17(16)20-12-14-8-5-4-6-9-14/h4-11,13H,12H2,1-3H3. The van der Waals surface area contributed by atoms with Gasteiger partial charge in [-0.25, -0.2) is 0 Å². The fraction of sp³-hybridized carbons (Fsp3) is 0.294. The maximum absolute atomic E-state index is 5.88. The summed E-state index contributed by atoms with van der Waals surface area (Å²) < 4.78 is 11.3. The second-order valence-electron chi connectivity index (χ2n) is 4.73. The van der Waals surface area contributed by atoms with Gasteiger partial charge in [-0.15, -0.1) is 11.8 Å². The molecule has 3 heteroatoms. The van der Waals surface area contributed by atoms with Gasteiger partial charge >= 0.3 is 0 Å². The zero-order chi connectivity index (χ0) is 14.4. The molecule has 2 rings (SSSR count). The summed E-state index contributed by atoms with van der Waals surface area (Å²) in [5, 5.41) is 0. The lowest BCUT2D eigenvalue weighted by atomic mass is 10.2. The van der Waals surface area contributed by atoms with E-state index in [4.69, 9.17) is 9.47 Å². The first-order valence-corrected chi connectivity index (χ1v) is 7.69. The molecule has 2 nitrogen and oxygen atoms in total. The molecule has 20 heavy (non-hydrogen) atoms. The Labute approximate surface area is 125 Å². The molecular weight excluding hydrogens is 268 g/mol. The Hall–Kier alpha value is -1.61. The van der Waals surface area contributed by atoms with Crippen LogP contribution < -0.4 is 9.47 Å². The highest BCUT2D eigenvalue weighted by molar-refractivity contribution is 7.98. The lowest BCUT2D eigenvalue weighted by molar-refractivity contribution is 0.234. The maximum atomic E-state index is 5.88. The summed E-state index contributed by atoms with van der Waals surface area (Å²) >= 11 is 1.74. The minimum absolute atomic E-state index is 0.151. The summed E-state index contributed by atoms with van der Waals surface area (Å²) in [6, 6.07) is 16.3. The number of methoxy groups -OCH3 is 1. The van der Waals surface area contributed by atoms with E-state index in [1.165, 1.54) is 5.56 Å². The second-order valence-corrected chi connectivity index (χ2v) is 5.71. The molecular formula is C17H20O2S. The van der Waals surface area contributed by atoms with Crippen molar-refractivity contribution in [1.29, 1.82) is 0 Å². The van der Waals surface area contributed by atoms with Crippen LogP contribution in [0.4, 0.5) is 0 Å². The third-order valence-electron chi connectivity index (χ3n) is 2.75. The van der Waals surface area contributed by atoms with Crippen molar-refractivity contribution in [3.8, 4) is 11.5 Å². The van der Waals surface area contributed by atoms with Crippen LogP contribution in [0.1, 0.15) is 19.4 Å². The molecule has 0 heterocycles. The van der Waals surface area contributed by atoms with Gasteiger partial charge in [0, 0.05) is 5.75 Å². The SMILES string of the molecule is COc1cccc(OC(C)C)c1SCc1ccccc1. The van der Waals surface area contributed by atoms with Crippen LogP contribution in [0.15, 0.2) is 53.4 Å². The van der Waals surface area contributed by atoms with Gasteiger partial charge in [-0.3, -0.25) is 0 Å². The van der Waals surface area contributed by atoms with Crippen LogP contribution in [-0.4, -0.2) is 13.2 Å². The van der Waals surface area contributed by atoms with Crippen LogP contribution in [0.2, 0.25) is 0 Å². The quantitative estimate of drug-likeness (QED) is 0.713. The Morgan fingerprint density at radius 1 is 0.950 bits per heavy atom. The van der Waals surface area contributed by atoms with E-state index < -0.39 is 0 Å². The second kappa shape index (κ2) is 7.25. The fourth-order valence-electron chi connectivity index (χ4n) is 1.88. The third kappa shape index (κ3) is 3.94. The predicted octanol–water partition coefficient (Wildman–Crippen LogP) is 4.77. The van der Waals surface area contributed by atoms with Crippen LogP contribution in [0.25, 0.3) is 0 Å². The number of hydrogen-bond acceptors (Lipinski definition) is 3. The van der Waals surface area contributed by atoms with Crippen LogP contribution in [0.5, 0.6) is 11.5 Å². The Kier molecular flexibility index (Phi) is 5.36. The molecule has 0 atom stereocenters. The topological polar surface area (TPSA) is 18.5 Å². The van der Waals surface area contributed by atoms with Crippen molar-refractivity contribution >= 4 is 11.8 Å². The largest absolute Gasteiger partial charge is 0.495 e. The minimum atomic E-state index is 0.151. The molecule has 0 spiro atoms. The summed E-state index contributed by atoms with van der Waals surface area (Å²) in [6.07, 6.45) is 0.151. The van der Waals surface area contributed by atoms with Gasteiger partial charge in [0.15, 0.2) is 0 Å². The zero-order valence-electron chi connectivity index (χ0n) is 12.1. The average Bonchev–Trinajstić information content (AvgIpc) is 2.46. The molecule has 0 unspecified atom stereocenters. The first-order chi connectivity index (χ1) is 9.70. The van der Waals surface area contributed by atoms with Crippen molar-refractivity contribution in [2.45, 2.75) is 30.6 Å². The summed E-state index contributed by atoms with van der Waals surface area (Å²) in [7, 11) is 1.70. The minimum Gasteiger partial charge on any atom is -0.495 e. The van der Waals surface area contributed by atoms with Gasteiger partial charge in [-0.05, 0) is 31.5 Å². The lowest BCUT2D eigenvalue weighted by Crippen LogP contribution is -2.06. The van der Waals surface area contributed by atoms with Crippen molar-refractivity contribution in [3.05, 3.63) is 54.1 Å². The van der Waals surface area contributed by atoms with Gasteiger partial charge in [0.2, 0.25) is 0 Å². The van der Waals surface area contributed by atoms with Gasteiger partial charge in [-0.1, -0.05) is 36.4 Å². The van der Waals surface area contributed by atoms with E-state index in [0.717, 1.165) is 22.1 Å². The highest BCUT2D eigenvalue weighted by atomic mass is 32.2.